The van der Waals surface area contributed by atoms with E-state index in [0.717, 1.165) is 54.4 Å². The van der Waals surface area contributed by atoms with Gasteiger partial charge >= 0.3 is 0 Å². The molecule has 2 heteroatoms. The van der Waals surface area contributed by atoms with Crippen LogP contribution in [0.25, 0.3) is 0 Å². The molecule has 0 saturated heterocycles. The number of hydrogen-bond acceptors (Lipinski definition) is 2. The van der Waals surface area contributed by atoms with Gasteiger partial charge in [-0.1, -0.05) is 45.0 Å². The summed E-state index contributed by atoms with van der Waals surface area (Å²) in [6.07, 6.45) is 6.92. The van der Waals surface area contributed by atoms with Crippen LogP contribution in [-0.2, 0) is 10.8 Å². The monoisotopic (exact) mass is 404 g/mol. The summed E-state index contributed by atoms with van der Waals surface area (Å²) >= 11 is 0. The number of aryl methyl sites for hydroxylation is 2. The lowest BCUT2D eigenvalue weighted by atomic mass is 9.34. The molecule has 0 aromatic heterocycles. The van der Waals surface area contributed by atoms with E-state index in [1.165, 1.54) is 6.42 Å². The molecule has 0 heterocycles. The Bertz CT molecular complexity index is 944. The highest BCUT2D eigenvalue weighted by molar-refractivity contribution is 5.49. The highest BCUT2D eigenvalue weighted by atomic mass is 16.3. The summed E-state index contributed by atoms with van der Waals surface area (Å²) in [5.41, 5.74) is 4.88. The van der Waals surface area contributed by atoms with E-state index in [1.807, 2.05) is 26.0 Å². The standard InChI is InChI=1S/C28H36O2/c1-18-6-8-21(23(29)10-18)26-12-20-13-27(15-26,22-9-7-19(2)11-24(22)30)17-28(14-20,16-26)25(3,4)5/h6-11,20,29-30H,12-17H2,1-5H3. The van der Waals surface area contributed by atoms with Crippen molar-refractivity contribution >= 4 is 0 Å². The molecule has 2 unspecified atom stereocenters. The Morgan fingerprint density at radius 2 is 1.20 bits per heavy atom. The zero-order chi connectivity index (χ0) is 21.5. The van der Waals surface area contributed by atoms with Crippen LogP contribution >= 0.6 is 0 Å². The Kier molecular flexibility index (Phi) is 4.03. The van der Waals surface area contributed by atoms with Gasteiger partial charge in [-0.25, -0.2) is 0 Å². The summed E-state index contributed by atoms with van der Waals surface area (Å²) in [5, 5.41) is 22.1. The molecule has 0 radical (unpaired) electrons. The van der Waals surface area contributed by atoms with E-state index in [-0.39, 0.29) is 21.7 Å². The summed E-state index contributed by atoms with van der Waals surface area (Å²) < 4.78 is 0. The van der Waals surface area contributed by atoms with Gasteiger partial charge in [0.25, 0.3) is 0 Å². The SMILES string of the molecule is Cc1ccc(C23CC4CC(c5ccc(C)cc5O)(C2)CC(C(C)(C)C)(C4)C3)c(O)c1. The van der Waals surface area contributed by atoms with Gasteiger partial charge in [-0.2, -0.15) is 0 Å². The van der Waals surface area contributed by atoms with Crippen molar-refractivity contribution in [3.05, 3.63) is 58.7 Å². The van der Waals surface area contributed by atoms with E-state index >= 15 is 0 Å². The Balaban J connectivity index is 1.73. The molecule has 4 aliphatic carbocycles. The van der Waals surface area contributed by atoms with Crippen LogP contribution in [0.1, 0.15) is 81.5 Å². The van der Waals surface area contributed by atoms with Crippen LogP contribution in [0.5, 0.6) is 11.5 Å². The van der Waals surface area contributed by atoms with E-state index in [0.29, 0.717) is 17.4 Å². The lowest BCUT2D eigenvalue weighted by Crippen LogP contribution is -2.63. The van der Waals surface area contributed by atoms with Crippen LogP contribution in [0.3, 0.4) is 0 Å². The molecular formula is C28H36O2. The summed E-state index contributed by atoms with van der Waals surface area (Å²) in [6.45, 7) is 11.3. The number of benzene rings is 2. The van der Waals surface area contributed by atoms with Crippen LogP contribution < -0.4 is 0 Å². The second kappa shape index (κ2) is 6.05. The van der Waals surface area contributed by atoms with E-state index < -0.39 is 0 Å². The highest BCUT2D eigenvalue weighted by Gasteiger charge is 2.67. The number of hydrogen-bond donors (Lipinski definition) is 2. The first-order chi connectivity index (χ1) is 14.0. The Labute approximate surface area is 181 Å². The first-order valence-electron chi connectivity index (χ1n) is 11.6. The molecule has 4 saturated carbocycles. The molecule has 0 aliphatic heterocycles. The third-order valence-corrected chi connectivity index (χ3v) is 9.11. The molecule has 4 bridgehead atoms. The lowest BCUT2D eigenvalue weighted by molar-refractivity contribution is -0.142. The van der Waals surface area contributed by atoms with Crippen molar-refractivity contribution in [1.82, 2.24) is 0 Å². The van der Waals surface area contributed by atoms with E-state index in [1.54, 1.807) is 0 Å². The van der Waals surface area contributed by atoms with Crippen molar-refractivity contribution in [3.8, 4) is 11.5 Å². The fourth-order valence-corrected chi connectivity index (χ4v) is 8.06. The molecule has 160 valence electrons. The predicted octanol–water partition coefficient (Wildman–Crippen LogP) is 6.92. The quantitative estimate of drug-likeness (QED) is 0.570. The van der Waals surface area contributed by atoms with E-state index in [4.69, 9.17) is 0 Å². The van der Waals surface area contributed by atoms with Crippen LogP contribution in [-0.4, -0.2) is 10.2 Å². The minimum Gasteiger partial charge on any atom is -0.508 e. The predicted molar refractivity (Wildman–Crippen MR) is 122 cm³/mol. The molecule has 0 amide bonds. The highest BCUT2D eigenvalue weighted by Crippen LogP contribution is 2.75. The van der Waals surface area contributed by atoms with Gasteiger partial charge in [0.05, 0.1) is 0 Å². The van der Waals surface area contributed by atoms with Crippen molar-refractivity contribution in [2.75, 3.05) is 0 Å². The maximum Gasteiger partial charge on any atom is 0.119 e. The van der Waals surface area contributed by atoms with Gasteiger partial charge < -0.3 is 10.2 Å². The molecule has 2 N–H and O–H groups in total. The first-order valence-corrected chi connectivity index (χ1v) is 11.6. The summed E-state index contributed by atoms with van der Waals surface area (Å²) in [6, 6.07) is 12.6. The maximum absolute atomic E-state index is 11.0. The topological polar surface area (TPSA) is 40.5 Å². The third kappa shape index (κ3) is 2.68. The summed E-state index contributed by atoms with van der Waals surface area (Å²) in [7, 11) is 0. The first kappa shape index (κ1) is 20.0. The van der Waals surface area contributed by atoms with Gasteiger partial charge in [-0.3, -0.25) is 0 Å². The van der Waals surface area contributed by atoms with Crippen molar-refractivity contribution < 1.29 is 10.2 Å². The van der Waals surface area contributed by atoms with Crippen molar-refractivity contribution in [3.63, 3.8) is 0 Å². The molecule has 4 fully saturated rings. The van der Waals surface area contributed by atoms with Gasteiger partial charge in [0.15, 0.2) is 0 Å². The number of rotatable bonds is 2. The summed E-state index contributed by atoms with van der Waals surface area (Å²) in [4.78, 5) is 0. The number of phenolic OH excluding ortho intramolecular Hbond substituents is 2. The summed E-state index contributed by atoms with van der Waals surface area (Å²) in [5.74, 6) is 1.57. The van der Waals surface area contributed by atoms with Crippen molar-refractivity contribution in [1.29, 1.82) is 0 Å². The minimum absolute atomic E-state index is 0.0121. The van der Waals surface area contributed by atoms with Gasteiger partial charge in [-0.05, 0) is 92.4 Å². The molecule has 4 aliphatic rings. The fraction of sp³-hybridized carbons (Fsp3) is 0.571. The molecule has 6 rings (SSSR count). The number of aromatic hydroxyl groups is 2. The Hall–Kier alpha value is -1.96. The van der Waals surface area contributed by atoms with Crippen LogP contribution in [0.15, 0.2) is 36.4 Å². The average molecular weight is 405 g/mol. The zero-order valence-corrected chi connectivity index (χ0v) is 19.2. The molecule has 30 heavy (non-hydrogen) atoms. The minimum atomic E-state index is -0.0121. The maximum atomic E-state index is 11.0. The third-order valence-electron chi connectivity index (χ3n) is 9.11. The lowest BCUT2D eigenvalue weighted by Gasteiger charge is -2.70. The molecule has 0 spiro atoms. The second-order valence-electron chi connectivity index (χ2n) is 12.1. The van der Waals surface area contributed by atoms with E-state index in [2.05, 4.69) is 45.0 Å². The van der Waals surface area contributed by atoms with Crippen molar-refractivity contribution in [2.45, 2.75) is 84.0 Å². The van der Waals surface area contributed by atoms with Gasteiger partial charge in [0, 0.05) is 22.0 Å². The molecular weight excluding hydrogens is 368 g/mol. The molecule has 2 aromatic carbocycles. The molecule has 2 aromatic rings. The largest absolute Gasteiger partial charge is 0.508 e. The fourth-order valence-electron chi connectivity index (χ4n) is 8.06. The van der Waals surface area contributed by atoms with E-state index in [9.17, 15) is 10.2 Å². The average Bonchev–Trinajstić information content (AvgIpc) is 2.59. The molecule has 2 nitrogen and oxygen atoms in total. The van der Waals surface area contributed by atoms with Gasteiger partial charge in [-0.15, -0.1) is 0 Å². The molecule has 2 atom stereocenters. The van der Waals surface area contributed by atoms with Crippen LogP contribution in [0.2, 0.25) is 0 Å². The Morgan fingerprint density at radius 1 is 0.733 bits per heavy atom. The smallest absolute Gasteiger partial charge is 0.119 e. The Morgan fingerprint density at radius 3 is 1.60 bits per heavy atom. The van der Waals surface area contributed by atoms with Crippen molar-refractivity contribution in [2.24, 2.45) is 16.7 Å². The van der Waals surface area contributed by atoms with Crippen LogP contribution in [0, 0.1) is 30.6 Å². The normalized spacial score (nSPS) is 35.0. The zero-order valence-electron chi connectivity index (χ0n) is 19.2. The van der Waals surface area contributed by atoms with Crippen LogP contribution in [0.4, 0.5) is 0 Å². The number of phenols is 2. The van der Waals surface area contributed by atoms with Gasteiger partial charge in [0.1, 0.15) is 11.5 Å². The van der Waals surface area contributed by atoms with Gasteiger partial charge in [0.2, 0.25) is 0 Å². The second-order valence-corrected chi connectivity index (χ2v) is 12.1.